The van der Waals surface area contributed by atoms with Crippen LogP contribution >= 0.6 is 28.3 Å². The maximum Gasteiger partial charge on any atom is 0.271 e. The summed E-state index contributed by atoms with van der Waals surface area (Å²) in [6, 6.07) is 15.2. The van der Waals surface area contributed by atoms with Crippen LogP contribution in [0.4, 0.5) is 54.8 Å². The lowest BCUT2D eigenvalue weighted by molar-refractivity contribution is -0.385. The first-order chi connectivity index (χ1) is 24.6. The quantitative estimate of drug-likeness (QED) is 0.115. The fourth-order valence-corrected chi connectivity index (χ4v) is 6.40. The van der Waals surface area contributed by atoms with Gasteiger partial charge in [0.25, 0.3) is 29.1 Å². The molecular formula is C36H46BrClF6N6O4. The van der Waals surface area contributed by atoms with E-state index in [0.717, 1.165) is 26.9 Å². The Balaban J connectivity index is 0.000000258. The number of nitrogens with zero attached hydrogens (tertiary/aromatic N) is 4. The van der Waals surface area contributed by atoms with Gasteiger partial charge in [-0.25, -0.2) is 26.3 Å². The van der Waals surface area contributed by atoms with Crippen LogP contribution < -0.4 is 20.9 Å². The summed E-state index contributed by atoms with van der Waals surface area (Å²) >= 11 is 3.18. The Morgan fingerprint density at radius 2 is 0.981 bits per heavy atom. The number of nitro benzene ring substituents is 2. The lowest BCUT2D eigenvalue weighted by Gasteiger charge is -2.33. The minimum Gasteiger partial charge on any atom is -0.399 e. The third-order valence-corrected chi connectivity index (χ3v) is 9.09. The number of nitrogens with one attached hydrogen (secondary N) is 1. The number of nitrogens with two attached hydrogens (primary N) is 1. The molecule has 54 heavy (non-hydrogen) atoms. The second kappa shape index (κ2) is 20.2. The van der Waals surface area contributed by atoms with E-state index in [1.54, 1.807) is 17.9 Å². The molecule has 0 atom stereocenters. The van der Waals surface area contributed by atoms with Gasteiger partial charge in [0.05, 0.1) is 9.85 Å². The van der Waals surface area contributed by atoms with Crippen molar-refractivity contribution in [1.82, 2.24) is 5.32 Å². The first-order valence-electron chi connectivity index (χ1n) is 17.0. The second-order valence-electron chi connectivity index (χ2n) is 13.4. The molecule has 3 aliphatic heterocycles. The summed E-state index contributed by atoms with van der Waals surface area (Å²) in [6.45, 7) is 7.72. The molecule has 3 aromatic rings. The van der Waals surface area contributed by atoms with Crippen LogP contribution in [-0.2, 0) is 0 Å². The second-order valence-corrected chi connectivity index (χ2v) is 14.3. The lowest BCUT2D eigenvalue weighted by atomic mass is 10.1. The largest absolute Gasteiger partial charge is 0.399 e. The summed E-state index contributed by atoms with van der Waals surface area (Å²) in [5.74, 6) is -7.48. The highest BCUT2D eigenvalue weighted by atomic mass is 79.9. The number of hydrogen-bond acceptors (Lipinski definition) is 8. The number of halogens is 8. The number of nitrogen functional groups attached to an aromatic ring is 1. The molecule has 0 aromatic heterocycles. The SMILES string of the molecule is Cc1cc(Br)cc([N+](=O)[O-])c1.Cc1cc(N)cc(N2CCC(F)(F)CC2)c1.Cc1cc(N2CCC(F)(F)CC2)cc([N+](=O)[O-])c1.Cl.FC1(F)CCNCC1. The van der Waals surface area contributed by atoms with E-state index in [9.17, 15) is 46.6 Å². The van der Waals surface area contributed by atoms with Crippen LogP contribution in [0.2, 0.25) is 0 Å². The van der Waals surface area contributed by atoms with Crippen molar-refractivity contribution in [1.29, 1.82) is 0 Å². The van der Waals surface area contributed by atoms with E-state index >= 15 is 0 Å². The average Bonchev–Trinajstić information content (AvgIpc) is 3.04. The number of nitro groups is 2. The van der Waals surface area contributed by atoms with E-state index in [0.29, 0.717) is 37.6 Å². The molecule has 300 valence electrons. The van der Waals surface area contributed by atoms with Gasteiger partial charge in [0.2, 0.25) is 0 Å². The first kappa shape index (κ1) is 46.3. The first-order valence-corrected chi connectivity index (χ1v) is 17.8. The molecule has 0 saturated carbocycles. The van der Waals surface area contributed by atoms with Gasteiger partial charge < -0.3 is 20.9 Å². The van der Waals surface area contributed by atoms with Crippen LogP contribution in [0, 0.1) is 41.0 Å². The third-order valence-electron chi connectivity index (χ3n) is 8.64. The zero-order valence-corrected chi connectivity index (χ0v) is 32.6. The predicted octanol–water partition coefficient (Wildman–Crippen LogP) is 10.0. The molecule has 10 nitrogen and oxygen atoms in total. The van der Waals surface area contributed by atoms with Crippen molar-refractivity contribution in [3.63, 3.8) is 0 Å². The summed E-state index contributed by atoms with van der Waals surface area (Å²) in [7, 11) is 0. The average molecular weight is 856 g/mol. The zero-order valence-electron chi connectivity index (χ0n) is 30.2. The Morgan fingerprint density at radius 3 is 1.35 bits per heavy atom. The molecule has 0 amide bonds. The predicted molar refractivity (Wildman–Crippen MR) is 206 cm³/mol. The van der Waals surface area contributed by atoms with E-state index in [4.69, 9.17) is 5.73 Å². The van der Waals surface area contributed by atoms with Crippen molar-refractivity contribution in [2.45, 2.75) is 77.1 Å². The number of hydrogen-bond donors (Lipinski definition) is 2. The minimum absolute atomic E-state index is 0. The van der Waals surface area contributed by atoms with Gasteiger partial charge in [-0.3, -0.25) is 20.2 Å². The van der Waals surface area contributed by atoms with Gasteiger partial charge in [-0.15, -0.1) is 12.4 Å². The van der Waals surface area contributed by atoms with Gasteiger partial charge in [0.1, 0.15) is 0 Å². The minimum atomic E-state index is -2.60. The van der Waals surface area contributed by atoms with Crippen LogP contribution in [0.15, 0.2) is 59.1 Å². The summed E-state index contributed by atoms with van der Waals surface area (Å²) < 4.78 is 77.2. The van der Waals surface area contributed by atoms with Crippen LogP contribution in [0.5, 0.6) is 0 Å². The van der Waals surface area contributed by atoms with Gasteiger partial charge >= 0.3 is 0 Å². The van der Waals surface area contributed by atoms with E-state index < -0.39 is 27.6 Å². The number of piperidine rings is 3. The van der Waals surface area contributed by atoms with Crippen LogP contribution in [0.3, 0.4) is 0 Å². The molecule has 3 aromatic carbocycles. The highest BCUT2D eigenvalue weighted by Crippen LogP contribution is 2.33. The number of rotatable bonds is 4. The van der Waals surface area contributed by atoms with Gasteiger partial charge in [-0.2, -0.15) is 0 Å². The van der Waals surface area contributed by atoms with Crippen LogP contribution in [0.1, 0.15) is 55.2 Å². The Bertz CT molecular complexity index is 1660. The van der Waals surface area contributed by atoms with Crippen molar-refractivity contribution in [2.75, 3.05) is 54.8 Å². The molecule has 0 radical (unpaired) electrons. The maximum atomic E-state index is 13.0. The standard InChI is InChI=1S/C12H14F2N2O2.C12H16F2N2.C7H6BrNO2.C5H9F2N.ClH/c1-9-6-10(8-11(7-9)16(17)18)15-4-2-12(13,14)3-5-15;1-9-6-10(15)8-11(7-9)16-4-2-12(13,14)3-5-16;1-5-2-6(8)4-7(3-5)9(10)11;6-5(7)1-3-8-4-2-5;/h6-8H,2-5H2,1H3;6-8H,2-5,15H2,1H3;2-4H,1H3;8H,1-4H2;1H. The summed E-state index contributed by atoms with van der Waals surface area (Å²) in [4.78, 5) is 23.9. The number of alkyl halides is 6. The van der Waals surface area contributed by atoms with Gasteiger partial charge in [-0.05, 0) is 67.8 Å². The normalized spacial score (nSPS) is 18.2. The topological polar surface area (TPSA) is 131 Å². The number of anilines is 3. The Hall–Kier alpha value is -3.83. The maximum absolute atomic E-state index is 13.0. The Morgan fingerprint density at radius 1 is 0.611 bits per heavy atom. The molecule has 3 heterocycles. The van der Waals surface area contributed by atoms with E-state index in [1.807, 2.05) is 43.0 Å². The molecular weight excluding hydrogens is 810 g/mol. The highest BCUT2D eigenvalue weighted by molar-refractivity contribution is 9.10. The molecule has 0 aliphatic carbocycles. The molecule has 3 saturated heterocycles. The van der Waals surface area contributed by atoms with Gasteiger partial charge in [0, 0.05) is 124 Å². The molecule has 18 heteroatoms. The number of aryl methyl sites for hydroxylation is 3. The van der Waals surface area contributed by atoms with Crippen molar-refractivity contribution >= 4 is 56.8 Å². The van der Waals surface area contributed by atoms with Gasteiger partial charge in [0.15, 0.2) is 0 Å². The molecule has 3 fully saturated rings. The summed E-state index contributed by atoms with van der Waals surface area (Å²) in [6.07, 6.45) is -0.523. The number of benzene rings is 3. The van der Waals surface area contributed by atoms with E-state index in [1.165, 1.54) is 24.3 Å². The zero-order chi connectivity index (χ0) is 39.6. The lowest BCUT2D eigenvalue weighted by Crippen LogP contribution is -2.39. The van der Waals surface area contributed by atoms with Crippen molar-refractivity contribution < 1.29 is 36.2 Å². The molecule has 3 aliphatic rings. The monoisotopic (exact) mass is 854 g/mol. The highest BCUT2D eigenvalue weighted by Gasteiger charge is 2.35. The van der Waals surface area contributed by atoms with Crippen molar-refractivity contribution in [2.24, 2.45) is 0 Å². The van der Waals surface area contributed by atoms with Crippen LogP contribution in [0.25, 0.3) is 0 Å². The Labute approximate surface area is 325 Å². The van der Waals surface area contributed by atoms with Gasteiger partial charge in [-0.1, -0.05) is 15.9 Å². The Kier molecular flexibility index (Phi) is 17.3. The van der Waals surface area contributed by atoms with Crippen LogP contribution in [-0.4, -0.2) is 66.9 Å². The summed E-state index contributed by atoms with van der Waals surface area (Å²) in [5.41, 5.74) is 10.9. The smallest absolute Gasteiger partial charge is 0.271 e. The van der Waals surface area contributed by atoms with Crippen molar-refractivity contribution in [3.8, 4) is 0 Å². The molecule has 0 unspecified atom stereocenters. The summed E-state index contributed by atoms with van der Waals surface area (Å²) in [5, 5.41) is 23.9. The fraction of sp³-hybridized carbons (Fsp3) is 0.500. The fourth-order valence-electron chi connectivity index (χ4n) is 5.80. The molecule has 6 rings (SSSR count). The molecule has 0 bridgehead atoms. The molecule has 0 spiro atoms. The third kappa shape index (κ3) is 15.9. The van der Waals surface area contributed by atoms with Crippen molar-refractivity contribution in [3.05, 3.63) is 96.0 Å². The molecule has 3 N–H and O–H groups in total. The van der Waals surface area contributed by atoms with E-state index in [-0.39, 0.29) is 75.4 Å². The van der Waals surface area contributed by atoms with E-state index in [2.05, 4.69) is 21.2 Å². The number of non-ortho nitro benzene ring substituents is 2.